The van der Waals surface area contributed by atoms with Gasteiger partial charge in [-0.1, -0.05) is 13.8 Å². The molecule has 0 saturated carbocycles. The number of furan rings is 1. The van der Waals surface area contributed by atoms with Gasteiger partial charge in [-0.2, -0.15) is 0 Å². The molecule has 0 amide bonds. The number of carbonyl (C=O) groups is 1. The van der Waals surface area contributed by atoms with Crippen molar-refractivity contribution in [1.82, 2.24) is 4.90 Å². The van der Waals surface area contributed by atoms with Crippen molar-refractivity contribution in [2.45, 2.75) is 34.2 Å². The molecule has 0 atom stereocenters. The van der Waals surface area contributed by atoms with Crippen molar-refractivity contribution in [1.29, 1.82) is 0 Å². The first-order valence-corrected chi connectivity index (χ1v) is 8.94. The third-order valence-corrected chi connectivity index (χ3v) is 4.66. The van der Waals surface area contributed by atoms with E-state index in [0.29, 0.717) is 35.5 Å². The van der Waals surface area contributed by atoms with E-state index in [2.05, 4.69) is 18.7 Å². The molecule has 0 aliphatic carbocycles. The first-order chi connectivity index (χ1) is 12.4. The fourth-order valence-electron chi connectivity index (χ4n) is 3.59. The normalized spacial score (nSPS) is 18.0. The molecular formula is C21H23NO4. The molecule has 3 heterocycles. The minimum atomic E-state index is -0.110. The van der Waals surface area contributed by atoms with Crippen molar-refractivity contribution in [2.24, 2.45) is 5.92 Å². The second kappa shape index (κ2) is 6.32. The quantitative estimate of drug-likeness (QED) is 0.769. The molecule has 5 heteroatoms. The van der Waals surface area contributed by atoms with Crippen molar-refractivity contribution in [3.05, 3.63) is 52.2 Å². The summed E-state index contributed by atoms with van der Waals surface area (Å²) in [6, 6.07) is 5.60. The van der Waals surface area contributed by atoms with Gasteiger partial charge in [-0.3, -0.25) is 9.69 Å². The van der Waals surface area contributed by atoms with Gasteiger partial charge in [-0.15, -0.1) is 0 Å². The molecule has 0 bridgehead atoms. The van der Waals surface area contributed by atoms with E-state index in [1.165, 1.54) is 0 Å². The molecule has 26 heavy (non-hydrogen) atoms. The average Bonchev–Trinajstić information content (AvgIpc) is 3.12. The lowest BCUT2D eigenvalue weighted by molar-refractivity contribution is 0.0835. The number of allylic oxidation sites excluding steroid dienone is 1. The van der Waals surface area contributed by atoms with E-state index in [4.69, 9.17) is 13.9 Å². The minimum absolute atomic E-state index is 0.110. The molecule has 0 saturated heterocycles. The lowest BCUT2D eigenvalue weighted by Crippen LogP contribution is -2.35. The van der Waals surface area contributed by atoms with Crippen LogP contribution in [0.25, 0.3) is 6.08 Å². The third-order valence-electron chi connectivity index (χ3n) is 4.66. The van der Waals surface area contributed by atoms with Crippen molar-refractivity contribution in [2.75, 3.05) is 13.3 Å². The van der Waals surface area contributed by atoms with Crippen molar-refractivity contribution < 1.29 is 18.7 Å². The van der Waals surface area contributed by atoms with Gasteiger partial charge in [0, 0.05) is 30.3 Å². The Balaban J connectivity index is 1.67. The van der Waals surface area contributed by atoms with Crippen LogP contribution in [-0.4, -0.2) is 24.0 Å². The largest absolute Gasteiger partial charge is 0.477 e. The predicted molar refractivity (Wildman–Crippen MR) is 98.3 cm³/mol. The number of fused-ring (bicyclic) bond motifs is 2. The maximum Gasteiger partial charge on any atom is 0.232 e. The third kappa shape index (κ3) is 2.92. The van der Waals surface area contributed by atoms with Gasteiger partial charge in [0.05, 0.1) is 5.56 Å². The molecule has 2 aliphatic rings. The number of nitrogens with zero attached hydrogens (tertiary/aromatic N) is 1. The molecule has 1 aromatic heterocycles. The molecule has 0 unspecified atom stereocenters. The minimum Gasteiger partial charge on any atom is -0.477 e. The zero-order chi connectivity index (χ0) is 18.4. The Hall–Kier alpha value is -2.53. The molecule has 0 spiro atoms. The number of hydrogen-bond acceptors (Lipinski definition) is 5. The summed E-state index contributed by atoms with van der Waals surface area (Å²) in [4.78, 5) is 15.1. The van der Waals surface area contributed by atoms with Crippen molar-refractivity contribution in [3.63, 3.8) is 0 Å². The lowest BCUT2D eigenvalue weighted by atomic mass is 10.00. The number of carbonyl (C=O) groups excluding carboxylic acids is 1. The van der Waals surface area contributed by atoms with E-state index in [0.717, 1.165) is 35.7 Å². The fraction of sp³-hybridized carbons (Fsp3) is 0.381. The number of Topliss-reactive ketones (excluding diaryl/α,β-unsaturated/α-hetero) is 1. The summed E-state index contributed by atoms with van der Waals surface area (Å²) < 4.78 is 17.4. The number of aryl methyl sites for hydroxylation is 1. The molecule has 4 rings (SSSR count). The van der Waals surface area contributed by atoms with E-state index >= 15 is 0 Å². The number of benzene rings is 1. The van der Waals surface area contributed by atoms with Gasteiger partial charge in [0.1, 0.15) is 29.8 Å². The highest BCUT2D eigenvalue weighted by molar-refractivity contribution is 6.15. The van der Waals surface area contributed by atoms with Crippen LogP contribution < -0.4 is 9.47 Å². The van der Waals surface area contributed by atoms with Gasteiger partial charge in [-0.25, -0.2) is 0 Å². The Bertz CT molecular complexity index is 907. The SMILES string of the molecule is Cc1ccc(/C=C2\Oc3c(cc4c(c3C)OCN(CC(C)C)C4)C2=O)o1. The molecule has 2 aromatic rings. The summed E-state index contributed by atoms with van der Waals surface area (Å²) in [6.07, 6.45) is 1.65. The smallest absolute Gasteiger partial charge is 0.232 e. The second-order valence-electron chi connectivity index (χ2n) is 7.43. The van der Waals surface area contributed by atoms with Crippen LogP contribution in [0, 0.1) is 19.8 Å². The molecule has 0 radical (unpaired) electrons. The van der Waals surface area contributed by atoms with E-state index in [1.54, 1.807) is 6.08 Å². The molecule has 5 nitrogen and oxygen atoms in total. The van der Waals surface area contributed by atoms with Crippen LogP contribution in [0.3, 0.4) is 0 Å². The molecular weight excluding hydrogens is 330 g/mol. The van der Waals surface area contributed by atoms with Gasteiger partial charge < -0.3 is 13.9 Å². The van der Waals surface area contributed by atoms with Gasteiger partial charge in [0.15, 0.2) is 5.76 Å². The second-order valence-corrected chi connectivity index (χ2v) is 7.43. The van der Waals surface area contributed by atoms with Crippen molar-refractivity contribution in [3.8, 4) is 11.5 Å². The Kier molecular flexibility index (Phi) is 4.11. The zero-order valence-electron chi connectivity index (χ0n) is 15.6. The van der Waals surface area contributed by atoms with Gasteiger partial charge in [0.25, 0.3) is 0 Å². The predicted octanol–water partition coefficient (Wildman–Crippen LogP) is 4.32. The number of ether oxygens (including phenoxy) is 2. The first-order valence-electron chi connectivity index (χ1n) is 8.94. The van der Waals surface area contributed by atoms with E-state index in [-0.39, 0.29) is 5.78 Å². The molecule has 2 aliphatic heterocycles. The number of ketones is 1. The Morgan fingerprint density at radius 3 is 2.73 bits per heavy atom. The highest BCUT2D eigenvalue weighted by atomic mass is 16.5. The molecule has 1 aromatic carbocycles. The maximum absolute atomic E-state index is 12.8. The van der Waals surface area contributed by atoms with E-state index in [9.17, 15) is 4.79 Å². The molecule has 0 N–H and O–H groups in total. The highest BCUT2D eigenvalue weighted by Gasteiger charge is 2.33. The van der Waals surface area contributed by atoms with E-state index < -0.39 is 0 Å². The summed E-state index contributed by atoms with van der Waals surface area (Å²) >= 11 is 0. The van der Waals surface area contributed by atoms with Crippen LogP contribution in [0.15, 0.2) is 28.4 Å². The van der Waals surface area contributed by atoms with E-state index in [1.807, 2.05) is 32.0 Å². The Morgan fingerprint density at radius 2 is 2.04 bits per heavy atom. The number of hydrogen-bond donors (Lipinski definition) is 0. The summed E-state index contributed by atoms with van der Waals surface area (Å²) in [5, 5.41) is 0. The fourth-order valence-corrected chi connectivity index (χ4v) is 3.59. The summed E-state index contributed by atoms with van der Waals surface area (Å²) in [7, 11) is 0. The van der Waals surface area contributed by atoms with Crippen molar-refractivity contribution >= 4 is 11.9 Å². The van der Waals surface area contributed by atoms with Gasteiger partial charge in [0.2, 0.25) is 5.78 Å². The topological polar surface area (TPSA) is 51.9 Å². The maximum atomic E-state index is 12.8. The van der Waals surface area contributed by atoms with Crippen LogP contribution in [0.4, 0.5) is 0 Å². The lowest BCUT2D eigenvalue weighted by Gasteiger charge is -2.31. The van der Waals surface area contributed by atoms with Crippen LogP contribution in [0.2, 0.25) is 0 Å². The van der Waals surface area contributed by atoms with Crippen LogP contribution in [-0.2, 0) is 6.54 Å². The summed E-state index contributed by atoms with van der Waals surface area (Å²) in [5.74, 6) is 3.59. The molecule has 0 fully saturated rings. The molecule has 136 valence electrons. The highest BCUT2D eigenvalue weighted by Crippen LogP contribution is 2.43. The summed E-state index contributed by atoms with van der Waals surface area (Å²) in [5.41, 5.74) is 2.53. The zero-order valence-corrected chi connectivity index (χ0v) is 15.6. The monoisotopic (exact) mass is 353 g/mol. The van der Waals surface area contributed by atoms with Crippen LogP contribution in [0.1, 0.15) is 46.9 Å². The Labute approximate surface area is 153 Å². The van der Waals surface area contributed by atoms with Gasteiger partial charge in [-0.05, 0) is 38.0 Å². The number of rotatable bonds is 3. The van der Waals surface area contributed by atoms with Crippen LogP contribution in [0.5, 0.6) is 11.5 Å². The van der Waals surface area contributed by atoms with Gasteiger partial charge >= 0.3 is 0 Å². The Morgan fingerprint density at radius 1 is 1.23 bits per heavy atom. The average molecular weight is 353 g/mol. The standard InChI is InChI=1S/C21H23NO4/c1-12(2)9-22-10-15-7-17-19(23)18(8-16-6-5-13(3)25-16)26-21(17)14(4)20(15)24-11-22/h5-8,12H,9-11H2,1-4H3/b18-8-. The first kappa shape index (κ1) is 16.9. The van der Waals surface area contributed by atoms with Crippen LogP contribution >= 0.6 is 0 Å². The summed E-state index contributed by atoms with van der Waals surface area (Å²) in [6.45, 7) is 10.5.